The van der Waals surface area contributed by atoms with E-state index in [-0.39, 0.29) is 22.4 Å². The summed E-state index contributed by atoms with van der Waals surface area (Å²) in [6.45, 7) is -2.98. The Hall–Kier alpha value is -3.09. The van der Waals surface area contributed by atoms with E-state index in [0.717, 1.165) is 6.21 Å². The smallest absolute Gasteiger partial charge is 0.387 e. The van der Waals surface area contributed by atoms with E-state index < -0.39 is 18.4 Å². The molecule has 0 N–H and O–H groups in total. The maximum Gasteiger partial charge on any atom is 0.387 e. The number of halogens is 2. The Morgan fingerprint density at radius 3 is 2.13 bits per heavy atom. The van der Waals surface area contributed by atoms with Gasteiger partial charge in [-0.1, -0.05) is 24.3 Å². The molecule has 3 rings (SSSR count). The number of hydrazone groups is 1. The largest absolute Gasteiger partial charge is 0.434 e. The minimum atomic E-state index is -2.98. The lowest BCUT2D eigenvalue weighted by molar-refractivity contribution is -0.0499. The van der Waals surface area contributed by atoms with Crippen molar-refractivity contribution < 1.29 is 23.1 Å². The Labute approximate surface area is 129 Å². The van der Waals surface area contributed by atoms with Crippen LogP contribution in [0, 0.1) is 0 Å². The number of imide groups is 1. The zero-order valence-corrected chi connectivity index (χ0v) is 11.6. The number of amides is 2. The van der Waals surface area contributed by atoms with Gasteiger partial charge in [-0.3, -0.25) is 9.59 Å². The quantitative estimate of drug-likeness (QED) is 0.644. The van der Waals surface area contributed by atoms with Gasteiger partial charge in [0.15, 0.2) is 0 Å². The van der Waals surface area contributed by atoms with E-state index in [4.69, 9.17) is 0 Å². The van der Waals surface area contributed by atoms with Crippen molar-refractivity contribution in [3.63, 3.8) is 0 Å². The maximum atomic E-state index is 12.4. The van der Waals surface area contributed by atoms with E-state index in [9.17, 15) is 18.4 Å². The number of hydrogen-bond donors (Lipinski definition) is 0. The second-order valence-corrected chi connectivity index (χ2v) is 4.63. The summed E-state index contributed by atoms with van der Waals surface area (Å²) in [6.07, 6.45) is 1.14. The van der Waals surface area contributed by atoms with Gasteiger partial charge in [0.1, 0.15) is 5.75 Å². The third-order valence-electron chi connectivity index (χ3n) is 3.22. The summed E-state index contributed by atoms with van der Waals surface area (Å²) in [5.74, 6) is -1.22. The molecule has 0 spiro atoms. The van der Waals surface area contributed by atoms with Gasteiger partial charge in [-0.15, -0.1) is 0 Å². The van der Waals surface area contributed by atoms with Crippen LogP contribution in [0.1, 0.15) is 26.3 Å². The van der Waals surface area contributed by atoms with E-state index in [1.165, 1.54) is 30.3 Å². The molecule has 7 heteroatoms. The first-order valence-electron chi connectivity index (χ1n) is 6.63. The Morgan fingerprint density at radius 1 is 0.957 bits per heavy atom. The highest BCUT2D eigenvalue weighted by atomic mass is 19.3. The van der Waals surface area contributed by atoms with Gasteiger partial charge in [-0.05, 0) is 24.3 Å². The Kier molecular flexibility index (Phi) is 3.84. The van der Waals surface area contributed by atoms with Crippen molar-refractivity contribution in [2.24, 2.45) is 5.10 Å². The highest BCUT2D eigenvalue weighted by molar-refractivity contribution is 6.21. The number of carbonyl (C=O) groups is 2. The molecule has 0 bridgehead atoms. The lowest BCUT2D eigenvalue weighted by Gasteiger charge is -2.09. The summed E-state index contributed by atoms with van der Waals surface area (Å²) in [5, 5.41) is 4.52. The Morgan fingerprint density at radius 2 is 1.52 bits per heavy atom. The normalized spacial score (nSPS) is 14.0. The Bertz CT molecular complexity index is 770. The van der Waals surface area contributed by atoms with Gasteiger partial charge < -0.3 is 4.74 Å². The van der Waals surface area contributed by atoms with Crippen LogP contribution in [-0.2, 0) is 0 Å². The van der Waals surface area contributed by atoms with Crippen LogP contribution in [0.2, 0.25) is 0 Å². The molecular formula is C16H10F2N2O3. The standard InChI is InChI=1S/C16H10F2N2O3/c17-16(18)23-13-8-4-1-5-10(13)9-19-20-14(21)11-6-2-3-7-12(11)15(20)22/h1-9,16H. The number of rotatable bonds is 4. The number of carbonyl (C=O) groups excluding carboxylic acids is 2. The van der Waals surface area contributed by atoms with Crippen LogP contribution in [0.4, 0.5) is 8.78 Å². The second-order valence-electron chi connectivity index (χ2n) is 4.63. The number of ether oxygens (including phenoxy) is 1. The number of alkyl halides is 2. The van der Waals surface area contributed by atoms with E-state index in [0.29, 0.717) is 5.01 Å². The van der Waals surface area contributed by atoms with E-state index in [1.54, 1.807) is 18.2 Å². The topological polar surface area (TPSA) is 59.0 Å². The molecule has 0 saturated carbocycles. The highest BCUT2D eigenvalue weighted by Crippen LogP contribution is 2.23. The van der Waals surface area contributed by atoms with Gasteiger partial charge >= 0.3 is 6.61 Å². The van der Waals surface area contributed by atoms with Crippen molar-refractivity contribution >= 4 is 18.0 Å². The average molecular weight is 316 g/mol. The molecule has 0 fully saturated rings. The summed E-state index contributed by atoms with van der Waals surface area (Å²) in [4.78, 5) is 24.3. The lowest BCUT2D eigenvalue weighted by atomic mass is 10.1. The number of hydrogen-bond acceptors (Lipinski definition) is 4. The van der Waals surface area contributed by atoms with E-state index >= 15 is 0 Å². The maximum absolute atomic E-state index is 12.4. The van der Waals surface area contributed by atoms with Gasteiger partial charge in [0.25, 0.3) is 11.8 Å². The average Bonchev–Trinajstić information content (AvgIpc) is 2.78. The SMILES string of the molecule is O=C1c2ccccc2C(=O)N1N=Cc1ccccc1OC(F)F. The molecule has 0 aromatic heterocycles. The first-order valence-corrected chi connectivity index (χ1v) is 6.63. The van der Waals surface area contributed by atoms with Gasteiger partial charge in [0.05, 0.1) is 17.3 Å². The molecule has 2 aromatic rings. The first-order chi connectivity index (χ1) is 11.1. The molecule has 0 atom stereocenters. The molecule has 2 aromatic carbocycles. The molecule has 0 unspecified atom stereocenters. The molecule has 2 amide bonds. The van der Waals surface area contributed by atoms with Crippen LogP contribution in [0.25, 0.3) is 0 Å². The minimum Gasteiger partial charge on any atom is -0.434 e. The molecule has 0 aliphatic carbocycles. The molecule has 0 saturated heterocycles. The van der Waals surface area contributed by atoms with Crippen molar-refractivity contribution in [1.29, 1.82) is 0 Å². The molecule has 116 valence electrons. The Balaban J connectivity index is 1.88. The zero-order valence-electron chi connectivity index (χ0n) is 11.6. The lowest BCUT2D eigenvalue weighted by Crippen LogP contribution is -2.24. The fourth-order valence-electron chi connectivity index (χ4n) is 2.19. The third-order valence-corrected chi connectivity index (χ3v) is 3.22. The predicted molar refractivity (Wildman–Crippen MR) is 77.6 cm³/mol. The minimum absolute atomic E-state index is 0.0946. The molecule has 5 nitrogen and oxygen atoms in total. The monoisotopic (exact) mass is 316 g/mol. The van der Waals surface area contributed by atoms with E-state index in [1.807, 2.05) is 0 Å². The summed E-state index contributed by atoms with van der Waals surface area (Å²) >= 11 is 0. The van der Waals surface area contributed by atoms with Gasteiger partial charge in [-0.2, -0.15) is 18.9 Å². The fourth-order valence-corrected chi connectivity index (χ4v) is 2.19. The number of nitrogens with zero attached hydrogens (tertiary/aromatic N) is 2. The molecule has 1 heterocycles. The van der Waals surface area contributed by atoms with Crippen molar-refractivity contribution in [3.05, 3.63) is 65.2 Å². The van der Waals surface area contributed by atoms with Crippen molar-refractivity contribution in [3.8, 4) is 5.75 Å². The number of fused-ring (bicyclic) bond motifs is 1. The molecular weight excluding hydrogens is 306 g/mol. The summed E-state index contributed by atoms with van der Waals surface area (Å²) in [5.41, 5.74) is 0.739. The second kappa shape index (κ2) is 5.96. The third kappa shape index (κ3) is 2.80. The summed E-state index contributed by atoms with van der Waals surface area (Å²) < 4.78 is 29.1. The fraction of sp³-hybridized carbons (Fsp3) is 0.0625. The van der Waals surface area contributed by atoms with Gasteiger partial charge in [0.2, 0.25) is 0 Å². The van der Waals surface area contributed by atoms with Crippen LogP contribution < -0.4 is 4.74 Å². The van der Waals surface area contributed by atoms with Crippen LogP contribution >= 0.6 is 0 Å². The zero-order chi connectivity index (χ0) is 16.4. The highest BCUT2D eigenvalue weighted by Gasteiger charge is 2.35. The van der Waals surface area contributed by atoms with Gasteiger partial charge in [0, 0.05) is 5.56 Å². The van der Waals surface area contributed by atoms with Crippen molar-refractivity contribution in [2.45, 2.75) is 6.61 Å². The van der Waals surface area contributed by atoms with Crippen LogP contribution in [0.3, 0.4) is 0 Å². The number of benzene rings is 2. The summed E-state index contributed by atoms with van der Waals surface area (Å²) in [6, 6.07) is 12.3. The predicted octanol–water partition coefficient (Wildman–Crippen LogP) is 2.92. The van der Waals surface area contributed by atoms with Crippen molar-refractivity contribution in [1.82, 2.24) is 5.01 Å². The molecule has 23 heavy (non-hydrogen) atoms. The molecule has 0 radical (unpaired) electrons. The van der Waals surface area contributed by atoms with Crippen LogP contribution in [0.15, 0.2) is 53.6 Å². The summed E-state index contributed by atoms with van der Waals surface area (Å²) in [7, 11) is 0. The first kappa shape index (κ1) is 14.8. The van der Waals surface area contributed by atoms with Gasteiger partial charge in [-0.25, -0.2) is 0 Å². The van der Waals surface area contributed by atoms with Crippen LogP contribution in [0.5, 0.6) is 5.75 Å². The molecule has 1 aliphatic heterocycles. The molecule has 1 aliphatic rings. The van der Waals surface area contributed by atoms with Crippen molar-refractivity contribution in [2.75, 3.05) is 0 Å². The van der Waals surface area contributed by atoms with Crippen LogP contribution in [-0.4, -0.2) is 29.6 Å². The van der Waals surface area contributed by atoms with E-state index in [2.05, 4.69) is 9.84 Å². The number of para-hydroxylation sites is 1.